The summed E-state index contributed by atoms with van der Waals surface area (Å²) in [6, 6.07) is 11.2. The third kappa shape index (κ3) is 3.92. The predicted octanol–water partition coefficient (Wildman–Crippen LogP) is 5.16. The molecular formula is C18H26N2S. The molecule has 0 aliphatic carbocycles. The van der Waals surface area contributed by atoms with E-state index in [9.17, 15) is 0 Å². The average molecular weight is 302 g/mol. The van der Waals surface area contributed by atoms with Crippen molar-refractivity contribution < 1.29 is 0 Å². The molecule has 0 aliphatic rings. The maximum Gasteiger partial charge on any atom is 0.0985 e. The van der Waals surface area contributed by atoms with E-state index in [0.29, 0.717) is 12.1 Å². The van der Waals surface area contributed by atoms with E-state index in [2.05, 4.69) is 77.2 Å². The van der Waals surface area contributed by atoms with Crippen molar-refractivity contribution in [2.75, 3.05) is 0 Å². The van der Waals surface area contributed by atoms with Gasteiger partial charge in [0.15, 0.2) is 0 Å². The molecule has 0 aliphatic heterocycles. The molecular weight excluding hydrogens is 276 g/mol. The summed E-state index contributed by atoms with van der Waals surface area (Å²) in [4.78, 5) is 6.11. The normalized spacial score (nSPS) is 15.0. The number of nitrogens with zero attached hydrogens (tertiary/aromatic N) is 1. The molecule has 114 valence electrons. The molecule has 0 amide bonds. The molecule has 1 aromatic heterocycles. The molecule has 1 aromatic carbocycles. The van der Waals surface area contributed by atoms with Gasteiger partial charge in [-0.3, -0.25) is 0 Å². The van der Waals surface area contributed by atoms with Crippen LogP contribution in [-0.4, -0.2) is 4.98 Å². The minimum Gasteiger partial charge on any atom is -0.303 e. The molecule has 0 spiro atoms. The van der Waals surface area contributed by atoms with E-state index >= 15 is 0 Å². The Morgan fingerprint density at radius 1 is 1.05 bits per heavy atom. The van der Waals surface area contributed by atoms with Crippen LogP contribution in [0.25, 0.3) is 0 Å². The number of hydrogen-bond acceptors (Lipinski definition) is 3. The van der Waals surface area contributed by atoms with Crippen LogP contribution in [0.2, 0.25) is 0 Å². The lowest BCUT2D eigenvalue weighted by Crippen LogP contribution is -2.22. The zero-order chi connectivity index (χ0) is 15.6. The Kier molecular flexibility index (Phi) is 4.84. The largest absolute Gasteiger partial charge is 0.303 e. The Balaban J connectivity index is 2.14. The molecule has 0 bridgehead atoms. The molecule has 2 rings (SSSR count). The monoisotopic (exact) mass is 302 g/mol. The zero-order valence-electron chi connectivity index (χ0n) is 13.9. The second-order valence-corrected chi connectivity index (χ2v) is 7.77. The number of nitrogens with one attached hydrogen (secondary N) is 1. The highest BCUT2D eigenvalue weighted by Gasteiger charge is 2.23. The number of aromatic nitrogens is 1. The van der Waals surface area contributed by atoms with Gasteiger partial charge < -0.3 is 5.32 Å². The Morgan fingerprint density at radius 2 is 1.67 bits per heavy atom. The summed E-state index contributed by atoms with van der Waals surface area (Å²) in [5.41, 5.74) is 2.60. The van der Waals surface area contributed by atoms with Gasteiger partial charge >= 0.3 is 0 Å². The molecule has 0 saturated carbocycles. The van der Waals surface area contributed by atoms with E-state index in [1.54, 1.807) is 0 Å². The first kappa shape index (κ1) is 16.2. The van der Waals surface area contributed by atoms with Gasteiger partial charge in [0.05, 0.1) is 10.7 Å². The molecule has 21 heavy (non-hydrogen) atoms. The van der Waals surface area contributed by atoms with E-state index in [0.717, 1.165) is 5.69 Å². The summed E-state index contributed by atoms with van der Waals surface area (Å²) in [6.45, 7) is 13.2. The van der Waals surface area contributed by atoms with Gasteiger partial charge in [0.1, 0.15) is 0 Å². The third-order valence-corrected chi connectivity index (χ3v) is 5.43. The van der Waals surface area contributed by atoms with Gasteiger partial charge in [0, 0.05) is 22.4 Å². The Hall–Kier alpha value is -1.19. The van der Waals surface area contributed by atoms with Crippen LogP contribution in [-0.2, 0) is 5.41 Å². The Labute approximate surface area is 132 Å². The molecule has 2 nitrogen and oxygen atoms in total. The van der Waals surface area contributed by atoms with Crippen LogP contribution in [0, 0.1) is 6.92 Å². The topological polar surface area (TPSA) is 24.9 Å². The quantitative estimate of drug-likeness (QED) is 0.843. The molecule has 1 N–H and O–H groups in total. The van der Waals surface area contributed by atoms with Crippen molar-refractivity contribution in [2.45, 2.75) is 59.0 Å². The second-order valence-electron chi connectivity index (χ2n) is 6.74. The maximum absolute atomic E-state index is 4.76. The van der Waals surface area contributed by atoms with E-state index in [-0.39, 0.29) is 5.41 Å². The molecule has 0 radical (unpaired) electrons. The summed E-state index contributed by atoms with van der Waals surface area (Å²) >= 11 is 1.84. The minimum absolute atomic E-state index is 0.123. The van der Waals surface area contributed by atoms with Gasteiger partial charge in [-0.25, -0.2) is 4.98 Å². The lowest BCUT2D eigenvalue weighted by atomic mass is 9.98. The molecule has 1 heterocycles. The fourth-order valence-electron chi connectivity index (χ4n) is 2.42. The highest BCUT2D eigenvalue weighted by molar-refractivity contribution is 7.12. The van der Waals surface area contributed by atoms with Crippen LogP contribution in [0.1, 0.15) is 67.8 Å². The van der Waals surface area contributed by atoms with Crippen LogP contribution >= 0.6 is 11.3 Å². The Bertz CT molecular complexity index is 581. The number of thiazole rings is 1. The zero-order valence-corrected chi connectivity index (χ0v) is 14.7. The molecule has 1 unspecified atom stereocenters. The maximum atomic E-state index is 4.76. The van der Waals surface area contributed by atoms with Gasteiger partial charge in [-0.05, 0) is 26.3 Å². The third-order valence-electron chi connectivity index (χ3n) is 3.67. The summed E-state index contributed by atoms with van der Waals surface area (Å²) < 4.78 is 0. The first-order valence-electron chi connectivity index (χ1n) is 7.58. The molecule has 3 heteroatoms. The lowest BCUT2D eigenvalue weighted by molar-refractivity contribution is 0.498. The number of aryl methyl sites for hydroxylation is 1. The van der Waals surface area contributed by atoms with E-state index in [1.807, 2.05) is 11.3 Å². The van der Waals surface area contributed by atoms with E-state index in [1.165, 1.54) is 15.4 Å². The van der Waals surface area contributed by atoms with Crippen LogP contribution in [0.5, 0.6) is 0 Å². The highest BCUT2D eigenvalue weighted by atomic mass is 32.1. The van der Waals surface area contributed by atoms with Gasteiger partial charge in [-0.15, -0.1) is 11.3 Å². The number of benzene rings is 1. The summed E-state index contributed by atoms with van der Waals surface area (Å²) in [6.07, 6.45) is 0. The van der Waals surface area contributed by atoms with Crippen molar-refractivity contribution in [1.82, 2.24) is 10.3 Å². The predicted molar refractivity (Wildman–Crippen MR) is 92.0 cm³/mol. The SMILES string of the molecule is Cc1nc(C(C)(C)C)sc1C(C)N[C@@H](C)c1ccccc1. The molecule has 0 saturated heterocycles. The van der Waals surface area contributed by atoms with Gasteiger partial charge in [-0.2, -0.15) is 0 Å². The van der Waals surface area contributed by atoms with Gasteiger partial charge in [0.2, 0.25) is 0 Å². The summed E-state index contributed by atoms with van der Waals surface area (Å²) in [5, 5.41) is 4.91. The lowest BCUT2D eigenvalue weighted by Gasteiger charge is -2.20. The number of rotatable bonds is 4. The standard InChI is InChI=1S/C18H26N2S/c1-12(15-10-8-7-9-11-15)19-13(2)16-14(3)20-17(21-16)18(4,5)6/h7-13,19H,1-6H3/t12-,13?/m0/s1. The van der Waals surface area contributed by atoms with Crippen molar-refractivity contribution >= 4 is 11.3 Å². The highest BCUT2D eigenvalue weighted by Crippen LogP contribution is 2.33. The van der Waals surface area contributed by atoms with Crippen molar-refractivity contribution in [3.8, 4) is 0 Å². The first-order chi connectivity index (χ1) is 9.79. The Morgan fingerprint density at radius 3 is 2.19 bits per heavy atom. The van der Waals surface area contributed by atoms with Crippen LogP contribution in [0.15, 0.2) is 30.3 Å². The summed E-state index contributed by atoms with van der Waals surface area (Å²) in [7, 11) is 0. The molecule has 2 atom stereocenters. The fraction of sp³-hybridized carbons (Fsp3) is 0.500. The van der Waals surface area contributed by atoms with Gasteiger partial charge in [0.25, 0.3) is 0 Å². The number of hydrogen-bond donors (Lipinski definition) is 1. The van der Waals surface area contributed by atoms with Crippen LogP contribution < -0.4 is 5.32 Å². The van der Waals surface area contributed by atoms with Crippen molar-refractivity contribution in [3.05, 3.63) is 51.5 Å². The van der Waals surface area contributed by atoms with Crippen molar-refractivity contribution in [2.24, 2.45) is 0 Å². The molecule has 0 fully saturated rings. The van der Waals surface area contributed by atoms with Crippen molar-refractivity contribution in [3.63, 3.8) is 0 Å². The fourth-order valence-corrected chi connectivity index (χ4v) is 3.55. The van der Waals surface area contributed by atoms with Crippen LogP contribution in [0.4, 0.5) is 0 Å². The smallest absolute Gasteiger partial charge is 0.0985 e. The summed E-state index contributed by atoms with van der Waals surface area (Å²) in [5.74, 6) is 0. The van der Waals surface area contributed by atoms with E-state index < -0.39 is 0 Å². The van der Waals surface area contributed by atoms with E-state index in [4.69, 9.17) is 4.98 Å². The minimum atomic E-state index is 0.123. The molecule has 2 aromatic rings. The van der Waals surface area contributed by atoms with Crippen LogP contribution in [0.3, 0.4) is 0 Å². The average Bonchev–Trinajstić information content (AvgIpc) is 2.82. The van der Waals surface area contributed by atoms with Crippen molar-refractivity contribution in [1.29, 1.82) is 0 Å². The van der Waals surface area contributed by atoms with Gasteiger partial charge in [-0.1, -0.05) is 51.1 Å². The first-order valence-corrected chi connectivity index (χ1v) is 8.39. The second kappa shape index (κ2) is 6.29.